The minimum absolute atomic E-state index is 0. The molecule has 4 atom stereocenters. The Morgan fingerprint density at radius 2 is 1.65 bits per heavy atom. The van der Waals surface area contributed by atoms with Crippen LogP contribution in [0.1, 0.15) is 19.8 Å². The first kappa shape index (κ1) is 14.7. The standard InChI is InChI=1S/C9H12O6S.Li/c1-4-2-5-6(9(11)15-8(5)10)3-7(4)16(12,13)14;/h4-7H,2-3H2,1H3,(H,12,13,14);/q;+1/p-1. The van der Waals surface area contributed by atoms with Crippen molar-refractivity contribution in [3.05, 3.63) is 0 Å². The Labute approximate surface area is 111 Å². The second kappa shape index (κ2) is 4.73. The number of hydrogen-bond donors (Lipinski definition) is 0. The van der Waals surface area contributed by atoms with Gasteiger partial charge in [0, 0.05) is 0 Å². The zero-order chi connectivity index (χ0) is 12.1. The number of ether oxygens (including phenoxy) is 1. The molecule has 0 amide bonds. The molecule has 1 aliphatic heterocycles. The quantitative estimate of drug-likeness (QED) is 0.210. The fraction of sp³-hybridized carbons (Fsp3) is 0.778. The number of esters is 2. The van der Waals surface area contributed by atoms with E-state index in [0.717, 1.165) is 0 Å². The Kier molecular flexibility index (Phi) is 4.09. The van der Waals surface area contributed by atoms with Gasteiger partial charge in [-0.2, -0.15) is 0 Å². The molecule has 1 saturated carbocycles. The molecular weight excluding hydrogens is 243 g/mol. The Morgan fingerprint density at radius 3 is 2.12 bits per heavy atom. The van der Waals surface area contributed by atoms with Gasteiger partial charge >= 0.3 is 30.8 Å². The van der Waals surface area contributed by atoms with Gasteiger partial charge in [0.1, 0.15) is 0 Å². The number of hydrogen-bond acceptors (Lipinski definition) is 6. The van der Waals surface area contributed by atoms with E-state index in [1.807, 2.05) is 0 Å². The van der Waals surface area contributed by atoms with E-state index in [0.29, 0.717) is 0 Å². The van der Waals surface area contributed by atoms with Crippen molar-refractivity contribution in [2.24, 2.45) is 17.8 Å². The summed E-state index contributed by atoms with van der Waals surface area (Å²) in [5.41, 5.74) is 0. The number of carbonyl (C=O) groups is 2. The summed E-state index contributed by atoms with van der Waals surface area (Å²) >= 11 is 0. The van der Waals surface area contributed by atoms with Crippen molar-refractivity contribution in [3.63, 3.8) is 0 Å². The van der Waals surface area contributed by atoms with Crippen LogP contribution in [0.4, 0.5) is 0 Å². The van der Waals surface area contributed by atoms with Crippen molar-refractivity contribution in [1.82, 2.24) is 0 Å². The average Bonchev–Trinajstić information content (AvgIpc) is 2.39. The van der Waals surface area contributed by atoms with Crippen LogP contribution in [0.15, 0.2) is 0 Å². The predicted octanol–water partition coefficient (Wildman–Crippen LogP) is -3.35. The van der Waals surface area contributed by atoms with E-state index in [1.165, 1.54) is 0 Å². The fourth-order valence-corrected chi connectivity index (χ4v) is 3.66. The van der Waals surface area contributed by atoms with Gasteiger partial charge < -0.3 is 9.29 Å². The summed E-state index contributed by atoms with van der Waals surface area (Å²) in [5.74, 6) is -3.03. The first-order chi connectivity index (χ1) is 7.30. The number of cyclic esters (lactones) is 2. The number of carbonyl (C=O) groups excluding carboxylic acids is 2. The maximum Gasteiger partial charge on any atom is 1.00 e. The van der Waals surface area contributed by atoms with E-state index in [2.05, 4.69) is 4.74 Å². The molecule has 1 heterocycles. The summed E-state index contributed by atoms with van der Waals surface area (Å²) in [6.45, 7) is 1.60. The first-order valence-corrected chi connectivity index (χ1v) is 6.48. The normalized spacial score (nSPS) is 37.1. The number of rotatable bonds is 1. The van der Waals surface area contributed by atoms with Gasteiger partial charge in [-0.3, -0.25) is 9.59 Å². The van der Waals surface area contributed by atoms with E-state index in [4.69, 9.17) is 0 Å². The van der Waals surface area contributed by atoms with Crippen molar-refractivity contribution >= 4 is 22.1 Å². The molecule has 2 rings (SSSR count). The summed E-state index contributed by atoms with van der Waals surface area (Å²) < 4.78 is 37.4. The van der Waals surface area contributed by atoms with Gasteiger partial charge in [-0.25, -0.2) is 8.42 Å². The smallest absolute Gasteiger partial charge is 0.748 e. The summed E-state index contributed by atoms with van der Waals surface area (Å²) in [6.07, 6.45) is 0.129. The van der Waals surface area contributed by atoms with Crippen LogP contribution in [0.2, 0.25) is 0 Å². The van der Waals surface area contributed by atoms with E-state index >= 15 is 0 Å². The van der Waals surface area contributed by atoms with Gasteiger partial charge in [0.25, 0.3) is 0 Å². The SMILES string of the molecule is CC1CC2C(=O)OC(=O)C2CC1S(=O)(=O)[O-].[Li+]. The molecule has 1 aliphatic carbocycles. The van der Waals surface area contributed by atoms with E-state index in [1.54, 1.807) is 6.92 Å². The Bertz CT molecular complexity index is 444. The predicted molar refractivity (Wildman–Crippen MR) is 50.0 cm³/mol. The summed E-state index contributed by atoms with van der Waals surface area (Å²) in [7, 11) is -4.42. The molecule has 1 saturated heterocycles. The fourth-order valence-electron chi connectivity index (χ4n) is 2.54. The molecule has 2 fully saturated rings. The molecule has 90 valence electrons. The van der Waals surface area contributed by atoms with Crippen molar-refractivity contribution in [2.45, 2.75) is 25.0 Å². The van der Waals surface area contributed by atoms with Gasteiger partial charge in [0.05, 0.1) is 27.2 Å². The molecule has 0 aromatic carbocycles. The third-order valence-electron chi connectivity index (χ3n) is 3.41. The summed E-state index contributed by atoms with van der Waals surface area (Å²) in [6, 6.07) is 0. The minimum atomic E-state index is -4.42. The van der Waals surface area contributed by atoms with Crippen LogP contribution in [0, 0.1) is 17.8 Å². The van der Waals surface area contributed by atoms with Crippen LogP contribution in [0.5, 0.6) is 0 Å². The minimum Gasteiger partial charge on any atom is -0.748 e. The maximum atomic E-state index is 11.3. The Hall–Kier alpha value is -0.353. The van der Waals surface area contributed by atoms with Gasteiger partial charge in [0.15, 0.2) is 0 Å². The molecule has 0 N–H and O–H groups in total. The average molecular weight is 254 g/mol. The largest absolute Gasteiger partial charge is 1.00 e. The third-order valence-corrected chi connectivity index (χ3v) is 4.81. The van der Waals surface area contributed by atoms with E-state index in [9.17, 15) is 22.6 Å². The van der Waals surface area contributed by atoms with Crippen LogP contribution >= 0.6 is 0 Å². The van der Waals surface area contributed by atoms with Crippen LogP contribution in [-0.2, 0) is 24.4 Å². The zero-order valence-corrected chi connectivity index (χ0v) is 10.4. The molecule has 17 heavy (non-hydrogen) atoms. The molecule has 6 nitrogen and oxygen atoms in total. The van der Waals surface area contributed by atoms with Gasteiger partial charge in [-0.1, -0.05) is 6.92 Å². The molecular formula is C9H11LiO6S. The Balaban J connectivity index is 0.00000144. The van der Waals surface area contributed by atoms with Crippen LogP contribution in [0.3, 0.4) is 0 Å². The molecule has 0 bridgehead atoms. The molecule has 8 heteroatoms. The molecule has 2 aliphatic rings. The van der Waals surface area contributed by atoms with Crippen LogP contribution < -0.4 is 18.9 Å². The maximum absolute atomic E-state index is 11.3. The van der Waals surface area contributed by atoms with Crippen LogP contribution in [0.25, 0.3) is 0 Å². The zero-order valence-electron chi connectivity index (χ0n) is 9.58. The van der Waals surface area contributed by atoms with Gasteiger partial charge in [-0.15, -0.1) is 0 Å². The van der Waals surface area contributed by atoms with Crippen LogP contribution in [-0.4, -0.2) is 30.2 Å². The number of fused-ring (bicyclic) bond motifs is 1. The topological polar surface area (TPSA) is 101 Å². The van der Waals surface area contributed by atoms with Gasteiger partial charge in [0.2, 0.25) is 0 Å². The molecule has 0 radical (unpaired) electrons. The molecule has 0 spiro atoms. The monoisotopic (exact) mass is 254 g/mol. The second-order valence-electron chi connectivity index (χ2n) is 4.43. The van der Waals surface area contributed by atoms with Crippen molar-refractivity contribution in [3.8, 4) is 0 Å². The summed E-state index contributed by atoms with van der Waals surface area (Å²) in [4.78, 5) is 22.5. The van der Waals surface area contributed by atoms with Gasteiger partial charge in [-0.05, 0) is 18.8 Å². The first-order valence-electron chi connectivity index (χ1n) is 5.01. The van der Waals surface area contributed by atoms with Crippen molar-refractivity contribution in [2.75, 3.05) is 0 Å². The van der Waals surface area contributed by atoms with Crippen molar-refractivity contribution < 1.29 is 46.2 Å². The summed E-state index contributed by atoms with van der Waals surface area (Å²) in [5, 5.41) is -1.09. The second-order valence-corrected chi connectivity index (χ2v) is 6.02. The molecule has 0 aromatic heterocycles. The molecule has 0 aromatic rings. The molecule has 4 unspecified atom stereocenters. The third kappa shape index (κ3) is 2.57. The van der Waals surface area contributed by atoms with E-state index < -0.39 is 45.1 Å². The Morgan fingerprint density at radius 1 is 1.18 bits per heavy atom. The van der Waals surface area contributed by atoms with Crippen molar-refractivity contribution in [1.29, 1.82) is 0 Å². The van der Waals surface area contributed by atoms with E-state index in [-0.39, 0.29) is 31.7 Å².